The Bertz CT molecular complexity index is 1090. The van der Waals surface area contributed by atoms with Gasteiger partial charge in [-0.05, 0) is 34.6 Å². The molecule has 30 heavy (non-hydrogen) atoms. The number of hydrogen-bond acceptors (Lipinski definition) is 3. The molecule has 5 nitrogen and oxygen atoms in total. The lowest BCUT2D eigenvalue weighted by atomic mass is 9.97. The number of hydrogen-bond donors (Lipinski definition) is 0. The van der Waals surface area contributed by atoms with Crippen LogP contribution in [-0.2, 0) is 19.5 Å². The van der Waals surface area contributed by atoms with Gasteiger partial charge in [0, 0.05) is 6.42 Å². The lowest BCUT2D eigenvalue weighted by Crippen LogP contribution is -2.30. The van der Waals surface area contributed by atoms with Crippen LogP contribution in [0, 0.1) is 16.7 Å². The van der Waals surface area contributed by atoms with Crippen molar-refractivity contribution in [3.05, 3.63) is 76.0 Å². The number of aromatic nitrogens is 3. The van der Waals surface area contributed by atoms with E-state index in [-0.39, 0.29) is 11.1 Å². The van der Waals surface area contributed by atoms with Crippen LogP contribution >= 0.6 is 0 Å². The van der Waals surface area contributed by atoms with Gasteiger partial charge < -0.3 is 0 Å². The maximum absolute atomic E-state index is 13.0. The van der Waals surface area contributed by atoms with E-state index in [0.29, 0.717) is 18.7 Å². The van der Waals surface area contributed by atoms with Gasteiger partial charge in [-0.2, -0.15) is 10.4 Å². The Morgan fingerprint density at radius 1 is 1.07 bits per heavy atom. The van der Waals surface area contributed by atoms with Gasteiger partial charge in [0.1, 0.15) is 5.82 Å². The van der Waals surface area contributed by atoms with E-state index in [1.165, 1.54) is 0 Å². The average Bonchev–Trinajstić information content (AvgIpc) is 3.00. The second-order valence-electron chi connectivity index (χ2n) is 8.96. The first-order valence-corrected chi connectivity index (χ1v) is 10.6. The van der Waals surface area contributed by atoms with Crippen molar-refractivity contribution in [3.63, 3.8) is 0 Å². The van der Waals surface area contributed by atoms with E-state index in [2.05, 4.69) is 38.9 Å². The van der Waals surface area contributed by atoms with E-state index in [1.54, 1.807) is 9.25 Å². The summed E-state index contributed by atoms with van der Waals surface area (Å²) in [5.74, 6) is 0.852. The molecule has 0 unspecified atom stereocenters. The van der Waals surface area contributed by atoms with Gasteiger partial charge in [0.15, 0.2) is 0 Å². The summed E-state index contributed by atoms with van der Waals surface area (Å²) in [5.41, 5.74) is 3.56. The fourth-order valence-electron chi connectivity index (χ4n) is 3.52. The van der Waals surface area contributed by atoms with Crippen molar-refractivity contribution in [2.75, 3.05) is 0 Å². The molecule has 0 saturated carbocycles. The van der Waals surface area contributed by atoms with E-state index in [4.69, 9.17) is 0 Å². The third-order valence-electron chi connectivity index (χ3n) is 5.03. The van der Waals surface area contributed by atoms with Crippen molar-refractivity contribution in [1.82, 2.24) is 14.3 Å². The van der Waals surface area contributed by atoms with Crippen LogP contribution in [0.2, 0.25) is 0 Å². The molecule has 0 saturated heterocycles. The lowest BCUT2D eigenvalue weighted by Gasteiger charge is -2.16. The molecular weight excluding hydrogens is 372 g/mol. The fraction of sp³-hybridized carbons (Fsp3) is 0.400. The zero-order valence-corrected chi connectivity index (χ0v) is 18.4. The van der Waals surface area contributed by atoms with E-state index in [9.17, 15) is 10.1 Å². The normalized spacial score (nSPS) is 11.4. The Morgan fingerprint density at radius 2 is 1.77 bits per heavy atom. The molecule has 3 rings (SSSR count). The molecule has 3 aromatic rings. The van der Waals surface area contributed by atoms with Gasteiger partial charge in [-0.1, -0.05) is 76.6 Å². The topological polar surface area (TPSA) is 63.6 Å². The maximum atomic E-state index is 13.0. The van der Waals surface area contributed by atoms with Crippen molar-refractivity contribution in [2.24, 2.45) is 5.41 Å². The van der Waals surface area contributed by atoms with E-state index < -0.39 is 0 Å². The molecule has 1 heterocycles. The standard InChI is InChI=1S/C25H30N4O/c1-5-6-11-23-27-29(18-25(2,3)4)24(30)28(23)17-19-12-14-20(15-13-19)22-10-8-7-9-21(22)16-26/h7-10,12-15H,5-6,11,17-18H2,1-4H3. The maximum Gasteiger partial charge on any atom is 0.346 e. The van der Waals surface area contributed by atoms with Crippen molar-refractivity contribution >= 4 is 0 Å². The number of unbranched alkanes of at least 4 members (excludes halogenated alkanes) is 1. The highest BCUT2D eigenvalue weighted by atomic mass is 16.2. The van der Waals surface area contributed by atoms with Crippen LogP contribution < -0.4 is 5.69 Å². The highest BCUT2D eigenvalue weighted by Gasteiger charge is 2.18. The van der Waals surface area contributed by atoms with E-state index in [1.807, 2.05) is 48.5 Å². The highest BCUT2D eigenvalue weighted by molar-refractivity contribution is 5.70. The van der Waals surface area contributed by atoms with Crippen LogP contribution in [0.25, 0.3) is 11.1 Å². The first kappa shape index (κ1) is 21.6. The van der Waals surface area contributed by atoms with Crippen molar-refractivity contribution in [3.8, 4) is 17.2 Å². The molecule has 0 atom stereocenters. The summed E-state index contributed by atoms with van der Waals surface area (Å²) in [6, 6.07) is 17.9. The fourth-order valence-corrected chi connectivity index (χ4v) is 3.52. The summed E-state index contributed by atoms with van der Waals surface area (Å²) in [4.78, 5) is 13.0. The smallest absolute Gasteiger partial charge is 0.274 e. The number of aryl methyl sites for hydroxylation is 1. The van der Waals surface area contributed by atoms with Crippen LogP contribution in [0.5, 0.6) is 0 Å². The van der Waals surface area contributed by atoms with Crippen LogP contribution in [-0.4, -0.2) is 14.3 Å². The lowest BCUT2D eigenvalue weighted by molar-refractivity contribution is 0.317. The largest absolute Gasteiger partial charge is 0.346 e. The Morgan fingerprint density at radius 3 is 2.40 bits per heavy atom. The van der Waals surface area contributed by atoms with Gasteiger partial charge in [-0.25, -0.2) is 9.48 Å². The molecule has 0 aliphatic carbocycles. The summed E-state index contributed by atoms with van der Waals surface area (Å²) in [6.07, 6.45) is 2.87. The monoisotopic (exact) mass is 402 g/mol. The summed E-state index contributed by atoms with van der Waals surface area (Å²) < 4.78 is 3.42. The van der Waals surface area contributed by atoms with Gasteiger partial charge in [-0.15, -0.1) is 0 Å². The molecule has 0 amide bonds. The van der Waals surface area contributed by atoms with Gasteiger partial charge in [0.25, 0.3) is 0 Å². The quantitative estimate of drug-likeness (QED) is 0.557. The summed E-state index contributed by atoms with van der Waals surface area (Å²) in [5, 5.41) is 14.0. The van der Waals surface area contributed by atoms with Crippen LogP contribution in [0.3, 0.4) is 0 Å². The zero-order chi connectivity index (χ0) is 21.7. The Labute approximate surface area is 178 Å². The van der Waals surface area contributed by atoms with Crippen molar-refractivity contribution < 1.29 is 0 Å². The second kappa shape index (κ2) is 9.13. The van der Waals surface area contributed by atoms with Crippen LogP contribution in [0.1, 0.15) is 57.5 Å². The predicted molar refractivity (Wildman–Crippen MR) is 120 cm³/mol. The van der Waals surface area contributed by atoms with Crippen LogP contribution in [0.15, 0.2) is 53.3 Å². The summed E-state index contributed by atoms with van der Waals surface area (Å²) in [6.45, 7) is 9.59. The first-order chi connectivity index (χ1) is 14.3. The number of benzene rings is 2. The molecule has 0 fully saturated rings. The summed E-state index contributed by atoms with van der Waals surface area (Å²) >= 11 is 0. The Balaban J connectivity index is 1.90. The minimum Gasteiger partial charge on any atom is -0.274 e. The van der Waals surface area contributed by atoms with E-state index in [0.717, 1.165) is 41.8 Å². The summed E-state index contributed by atoms with van der Waals surface area (Å²) in [7, 11) is 0. The number of nitriles is 1. The molecule has 0 radical (unpaired) electrons. The minimum atomic E-state index is -0.0464. The van der Waals surface area contributed by atoms with Gasteiger partial charge >= 0.3 is 5.69 Å². The number of nitrogens with zero attached hydrogens (tertiary/aromatic N) is 4. The third-order valence-corrected chi connectivity index (χ3v) is 5.03. The van der Waals surface area contributed by atoms with Gasteiger partial charge in [-0.3, -0.25) is 4.57 Å². The molecule has 0 aliphatic rings. The highest BCUT2D eigenvalue weighted by Crippen LogP contribution is 2.24. The van der Waals surface area contributed by atoms with Crippen molar-refractivity contribution in [1.29, 1.82) is 5.26 Å². The van der Waals surface area contributed by atoms with Gasteiger partial charge in [0.2, 0.25) is 0 Å². The second-order valence-corrected chi connectivity index (χ2v) is 8.96. The minimum absolute atomic E-state index is 0.0131. The third kappa shape index (κ3) is 5.07. The molecule has 0 aliphatic heterocycles. The molecule has 2 aromatic carbocycles. The number of rotatable bonds is 7. The molecule has 5 heteroatoms. The molecule has 156 valence electrons. The molecule has 0 N–H and O–H groups in total. The average molecular weight is 403 g/mol. The molecule has 0 spiro atoms. The Hall–Kier alpha value is -3.13. The molecule has 0 bridgehead atoms. The van der Waals surface area contributed by atoms with Crippen LogP contribution in [0.4, 0.5) is 0 Å². The SMILES string of the molecule is CCCCc1nn(CC(C)(C)C)c(=O)n1Cc1ccc(-c2ccccc2C#N)cc1. The van der Waals surface area contributed by atoms with Gasteiger partial charge in [0.05, 0.1) is 24.7 Å². The molecular formula is C25H30N4O. The zero-order valence-electron chi connectivity index (χ0n) is 18.4. The predicted octanol–water partition coefficient (Wildman–Crippen LogP) is 5.02. The van der Waals surface area contributed by atoms with Crippen molar-refractivity contribution in [2.45, 2.75) is 60.0 Å². The first-order valence-electron chi connectivity index (χ1n) is 10.6. The Kier molecular flexibility index (Phi) is 6.56. The molecule has 1 aromatic heterocycles. The van der Waals surface area contributed by atoms with E-state index >= 15 is 0 Å².